The molecular weight excluding hydrogens is 579 g/mol. The van der Waals surface area contributed by atoms with Crippen LogP contribution in [0.3, 0.4) is 0 Å². The van der Waals surface area contributed by atoms with Crippen LogP contribution in [0, 0.1) is 6.92 Å². The number of fused-ring (bicyclic) bond motifs is 2. The van der Waals surface area contributed by atoms with Crippen molar-refractivity contribution in [3.63, 3.8) is 0 Å². The standard InChI is InChI=1S/C31H36ClFN4O4S/c1-17-12-23(29-28(34-17)25(16-42-29)31(39)40)22-13-19(32)5-8-27(22)41-11-10-37-18(2)35-26-7-6-21(14-24(26)30(37)38)36-9-3-4-20(33)15-36/h5,8,13,16-17,20-21,23,34H,3-4,6-7,9-12,14-15H2,1-2H3,(H,39,40)/t17?,20-,21+,23?/m1/s1. The second kappa shape index (κ2) is 12.0. The van der Waals surface area contributed by atoms with Gasteiger partial charge in [-0.15, -0.1) is 11.3 Å². The van der Waals surface area contributed by atoms with E-state index >= 15 is 0 Å². The highest BCUT2D eigenvalue weighted by Gasteiger charge is 2.33. The Morgan fingerprint density at radius 2 is 2.17 bits per heavy atom. The Hall–Kier alpha value is -2.95. The normalized spacial score (nSPS) is 24.0. The van der Waals surface area contributed by atoms with Crippen LogP contribution in [0.25, 0.3) is 0 Å². The second-order valence-electron chi connectivity index (χ2n) is 11.7. The van der Waals surface area contributed by atoms with Crippen molar-refractivity contribution in [2.45, 2.75) is 83.1 Å². The van der Waals surface area contributed by atoms with Crippen LogP contribution >= 0.6 is 22.9 Å². The number of piperidine rings is 1. The minimum atomic E-state index is -0.955. The van der Waals surface area contributed by atoms with Crippen LogP contribution in [0.1, 0.15) is 76.4 Å². The number of thiophene rings is 1. The van der Waals surface area contributed by atoms with E-state index in [1.165, 1.54) is 11.3 Å². The fraction of sp³-hybridized carbons (Fsp3) is 0.516. The summed E-state index contributed by atoms with van der Waals surface area (Å²) in [4.78, 5) is 33.4. The molecule has 0 radical (unpaired) electrons. The second-order valence-corrected chi connectivity index (χ2v) is 13.1. The average Bonchev–Trinajstić information content (AvgIpc) is 3.39. The number of aryl methyl sites for hydroxylation is 2. The summed E-state index contributed by atoms with van der Waals surface area (Å²) in [7, 11) is 0. The van der Waals surface area contributed by atoms with E-state index in [9.17, 15) is 19.1 Å². The lowest BCUT2D eigenvalue weighted by Gasteiger charge is -2.38. The van der Waals surface area contributed by atoms with Gasteiger partial charge in [-0.1, -0.05) is 11.6 Å². The largest absolute Gasteiger partial charge is 0.491 e. The number of aromatic nitrogens is 2. The van der Waals surface area contributed by atoms with Crippen molar-refractivity contribution in [2.75, 3.05) is 25.0 Å². The summed E-state index contributed by atoms with van der Waals surface area (Å²) in [5.41, 5.74) is 3.42. The molecule has 2 aliphatic heterocycles. The van der Waals surface area contributed by atoms with E-state index in [-0.39, 0.29) is 35.7 Å². The Balaban J connectivity index is 1.21. The zero-order valence-corrected chi connectivity index (χ0v) is 25.4. The summed E-state index contributed by atoms with van der Waals surface area (Å²) < 4.78 is 22.1. The van der Waals surface area contributed by atoms with Gasteiger partial charge in [0.1, 0.15) is 24.4 Å². The topological polar surface area (TPSA) is 96.7 Å². The molecule has 1 saturated heterocycles. The van der Waals surface area contributed by atoms with E-state index in [1.807, 2.05) is 26.0 Å². The number of carboxylic acid groups (broad SMARTS) is 1. The quantitative estimate of drug-likeness (QED) is 0.354. The highest BCUT2D eigenvalue weighted by atomic mass is 35.5. The number of halogens is 2. The lowest BCUT2D eigenvalue weighted by Crippen LogP contribution is -2.47. The number of carbonyl (C=O) groups is 1. The third kappa shape index (κ3) is 5.68. The van der Waals surface area contributed by atoms with E-state index < -0.39 is 12.1 Å². The Morgan fingerprint density at radius 1 is 1.33 bits per heavy atom. The molecule has 8 nitrogen and oxygen atoms in total. The number of benzene rings is 1. The van der Waals surface area contributed by atoms with Crippen LogP contribution in [0.15, 0.2) is 28.4 Å². The Labute approximate surface area is 253 Å². The van der Waals surface area contributed by atoms with Gasteiger partial charge in [-0.25, -0.2) is 14.2 Å². The Kier molecular flexibility index (Phi) is 8.31. The maximum Gasteiger partial charge on any atom is 0.338 e. The third-order valence-electron chi connectivity index (χ3n) is 8.87. The minimum absolute atomic E-state index is 0.0347. The van der Waals surface area contributed by atoms with Crippen LogP contribution < -0.4 is 15.6 Å². The highest BCUT2D eigenvalue weighted by Crippen LogP contribution is 2.47. The van der Waals surface area contributed by atoms with Gasteiger partial charge in [-0.3, -0.25) is 14.3 Å². The number of ether oxygens (including phenoxy) is 1. The van der Waals surface area contributed by atoms with Gasteiger partial charge in [0.15, 0.2) is 0 Å². The van der Waals surface area contributed by atoms with Gasteiger partial charge in [0.05, 0.1) is 23.5 Å². The molecule has 1 fully saturated rings. The van der Waals surface area contributed by atoms with Gasteiger partial charge in [0, 0.05) is 51.0 Å². The molecule has 0 saturated carbocycles. The molecule has 42 heavy (non-hydrogen) atoms. The van der Waals surface area contributed by atoms with Crippen molar-refractivity contribution in [1.82, 2.24) is 14.5 Å². The number of nitrogens with one attached hydrogen (secondary N) is 1. The average molecular weight is 615 g/mol. The van der Waals surface area contributed by atoms with Crippen LogP contribution in [0.5, 0.6) is 5.75 Å². The van der Waals surface area contributed by atoms with Gasteiger partial charge in [0.2, 0.25) is 0 Å². The molecule has 4 atom stereocenters. The molecule has 6 rings (SSSR count). The van der Waals surface area contributed by atoms with Crippen molar-refractivity contribution >= 4 is 34.6 Å². The van der Waals surface area contributed by atoms with Crippen molar-refractivity contribution in [2.24, 2.45) is 0 Å². The van der Waals surface area contributed by atoms with E-state index in [0.29, 0.717) is 48.2 Å². The minimum Gasteiger partial charge on any atom is -0.491 e. The van der Waals surface area contributed by atoms with E-state index in [1.54, 1.807) is 16.0 Å². The number of anilines is 1. The molecule has 3 aliphatic rings. The molecule has 3 aromatic rings. The molecule has 224 valence electrons. The zero-order chi connectivity index (χ0) is 29.5. The number of rotatable bonds is 7. The van der Waals surface area contributed by atoms with E-state index in [4.69, 9.17) is 21.3 Å². The maximum atomic E-state index is 14.1. The number of alkyl halides is 1. The molecule has 2 N–H and O–H groups in total. The van der Waals surface area contributed by atoms with Crippen molar-refractivity contribution < 1.29 is 19.0 Å². The summed E-state index contributed by atoms with van der Waals surface area (Å²) in [5.74, 6) is 0.296. The first-order valence-corrected chi connectivity index (χ1v) is 16.0. The molecule has 2 unspecified atom stereocenters. The summed E-state index contributed by atoms with van der Waals surface area (Å²) in [6.45, 7) is 5.82. The lowest BCUT2D eigenvalue weighted by molar-refractivity contribution is 0.0698. The number of likely N-dealkylation sites (tertiary alicyclic amines) is 1. The number of carboxylic acids is 1. The van der Waals surface area contributed by atoms with Crippen LogP contribution in [-0.2, 0) is 19.4 Å². The Morgan fingerprint density at radius 3 is 2.95 bits per heavy atom. The molecule has 1 aromatic carbocycles. The molecule has 11 heteroatoms. The maximum absolute atomic E-state index is 14.1. The summed E-state index contributed by atoms with van der Waals surface area (Å²) in [6, 6.07) is 5.76. The first-order valence-electron chi connectivity index (χ1n) is 14.7. The van der Waals surface area contributed by atoms with Crippen molar-refractivity contribution in [1.29, 1.82) is 0 Å². The molecule has 1 aliphatic carbocycles. The van der Waals surface area contributed by atoms with Crippen LogP contribution in [0.2, 0.25) is 5.02 Å². The molecule has 2 aromatic heterocycles. The monoisotopic (exact) mass is 614 g/mol. The highest BCUT2D eigenvalue weighted by molar-refractivity contribution is 7.11. The van der Waals surface area contributed by atoms with Gasteiger partial charge in [-0.05, 0) is 77.1 Å². The predicted octanol–water partition coefficient (Wildman–Crippen LogP) is 5.67. The SMILES string of the molecule is Cc1nc2c(c(=O)n1CCOc1ccc(Cl)cc1C1CC(C)Nc3c(C(=O)O)csc31)C[C@@H](N1CCC[C@@H](F)C1)CC2. The van der Waals surface area contributed by atoms with Crippen LogP contribution in [-0.4, -0.2) is 63.5 Å². The summed E-state index contributed by atoms with van der Waals surface area (Å²) in [6.07, 6.45) is 3.68. The summed E-state index contributed by atoms with van der Waals surface area (Å²) >= 11 is 7.86. The lowest BCUT2D eigenvalue weighted by atomic mass is 9.86. The van der Waals surface area contributed by atoms with E-state index in [2.05, 4.69) is 10.2 Å². The van der Waals surface area contributed by atoms with Gasteiger partial charge in [-0.2, -0.15) is 0 Å². The third-order valence-corrected chi connectivity index (χ3v) is 10.2. The van der Waals surface area contributed by atoms with Gasteiger partial charge >= 0.3 is 5.97 Å². The Bertz CT molecular complexity index is 1560. The predicted molar refractivity (Wildman–Crippen MR) is 163 cm³/mol. The van der Waals surface area contributed by atoms with Gasteiger partial charge in [0.25, 0.3) is 5.56 Å². The van der Waals surface area contributed by atoms with Crippen LogP contribution in [0.4, 0.5) is 10.1 Å². The zero-order valence-electron chi connectivity index (χ0n) is 23.9. The number of hydrogen-bond acceptors (Lipinski definition) is 7. The fourth-order valence-electron chi connectivity index (χ4n) is 6.81. The van der Waals surface area contributed by atoms with Crippen molar-refractivity contribution in [3.05, 3.63) is 72.0 Å². The number of nitrogens with zero attached hydrogens (tertiary/aromatic N) is 3. The molecule has 4 heterocycles. The molecule has 0 spiro atoms. The number of hydrogen-bond donors (Lipinski definition) is 2. The van der Waals surface area contributed by atoms with Gasteiger partial charge < -0.3 is 15.2 Å². The molecule has 0 amide bonds. The first-order chi connectivity index (χ1) is 20.2. The molecular formula is C31H36ClFN4O4S. The van der Waals surface area contributed by atoms with Crippen molar-refractivity contribution in [3.8, 4) is 5.75 Å². The summed E-state index contributed by atoms with van der Waals surface area (Å²) in [5, 5.41) is 15.3. The number of aromatic carboxylic acids is 1. The van der Waals surface area contributed by atoms with E-state index in [0.717, 1.165) is 53.9 Å². The smallest absolute Gasteiger partial charge is 0.338 e. The fourth-order valence-corrected chi connectivity index (χ4v) is 8.13. The molecule has 0 bridgehead atoms. The first kappa shape index (κ1) is 29.1.